The van der Waals surface area contributed by atoms with Gasteiger partial charge in [-0.05, 0) is 64.6 Å². The molecule has 0 aliphatic rings. The lowest BCUT2D eigenvalue weighted by molar-refractivity contribution is 0.274. The van der Waals surface area contributed by atoms with Gasteiger partial charge in [0.15, 0.2) is 0 Å². The second-order valence-corrected chi connectivity index (χ2v) is 16.8. The van der Waals surface area contributed by atoms with Crippen LogP contribution in [0.3, 0.4) is 0 Å². The second kappa shape index (κ2) is 41.0. The SMILES string of the molecule is CCCCCCCCCCN(CCCCCCCC)SCCCCCCN(CC)CCCCCCSN(CC)CCCCCCCC. The van der Waals surface area contributed by atoms with E-state index in [9.17, 15) is 0 Å². The van der Waals surface area contributed by atoms with E-state index in [2.05, 4.69) is 72.0 Å². The highest BCUT2D eigenvalue weighted by Crippen LogP contribution is 2.19. The van der Waals surface area contributed by atoms with E-state index < -0.39 is 0 Å². The third-order valence-corrected chi connectivity index (χ3v) is 12.3. The van der Waals surface area contributed by atoms with Crippen molar-refractivity contribution in [1.82, 2.24) is 13.5 Å². The zero-order chi connectivity index (χ0) is 34.3. The summed E-state index contributed by atoms with van der Waals surface area (Å²) in [6.45, 7) is 20.6. The smallest absolute Gasteiger partial charge is 0.00893 e. The van der Waals surface area contributed by atoms with Crippen molar-refractivity contribution in [2.75, 3.05) is 57.3 Å². The van der Waals surface area contributed by atoms with Crippen LogP contribution in [0.4, 0.5) is 0 Å². The summed E-state index contributed by atoms with van der Waals surface area (Å²) in [5, 5.41) is 0. The lowest BCUT2D eigenvalue weighted by Gasteiger charge is -2.22. The van der Waals surface area contributed by atoms with Gasteiger partial charge in [0.25, 0.3) is 0 Å². The third kappa shape index (κ3) is 36.2. The summed E-state index contributed by atoms with van der Waals surface area (Å²) < 4.78 is 5.37. The van der Waals surface area contributed by atoms with Gasteiger partial charge in [-0.1, -0.05) is 193 Å². The second-order valence-electron chi connectivity index (χ2n) is 14.4. The molecule has 0 N–H and O–H groups in total. The van der Waals surface area contributed by atoms with E-state index >= 15 is 0 Å². The number of rotatable bonds is 41. The number of nitrogens with zero attached hydrogens (tertiary/aromatic N) is 3. The number of hydrogen-bond acceptors (Lipinski definition) is 5. The van der Waals surface area contributed by atoms with Crippen molar-refractivity contribution in [3.63, 3.8) is 0 Å². The molecule has 3 nitrogen and oxygen atoms in total. The predicted molar refractivity (Wildman–Crippen MR) is 222 cm³/mol. The zero-order valence-electron chi connectivity index (χ0n) is 33.3. The largest absolute Gasteiger partial charge is 0.304 e. The van der Waals surface area contributed by atoms with Crippen LogP contribution in [0, 0.1) is 0 Å². The molecule has 47 heavy (non-hydrogen) atoms. The molecule has 0 saturated heterocycles. The molecule has 0 heterocycles. The normalized spacial score (nSPS) is 12.0. The molecule has 0 rings (SSSR count). The van der Waals surface area contributed by atoms with Crippen LogP contribution in [0.15, 0.2) is 0 Å². The quantitative estimate of drug-likeness (QED) is 0.0463. The van der Waals surface area contributed by atoms with Crippen molar-refractivity contribution in [3.8, 4) is 0 Å². The lowest BCUT2D eigenvalue weighted by Crippen LogP contribution is -2.25. The maximum absolute atomic E-state index is 2.75. The van der Waals surface area contributed by atoms with Gasteiger partial charge in [-0.15, -0.1) is 0 Å². The standard InChI is InChI=1S/C42H89N3S2/c1-6-11-14-17-20-21-24-33-40-45(39-32-23-19-16-13-8-3)47-42-35-28-26-30-37-43(9-4)36-29-25-27-34-41-46-44(10-5)38-31-22-18-15-12-7-2/h6-42H2,1-5H3. The van der Waals surface area contributed by atoms with Crippen LogP contribution < -0.4 is 0 Å². The summed E-state index contributed by atoms with van der Waals surface area (Å²) in [5.74, 6) is 2.65. The van der Waals surface area contributed by atoms with Gasteiger partial charge in [-0.2, -0.15) is 0 Å². The van der Waals surface area contributed by atoms with Crippen molar-refractivity contribution >= 4 is 23.9 Å². The molecule has 0 fully saturated rings. The van der Waals surface area contributed by atoms with Gasteiger partial charge in [-0.3, -0.25) is 8.61 Å². The minimum absolute atomic E-state index is 1.20. The molecule has 0 saturated carbocycles. The molecule has 284 valence electrons. The number of hydrogen-bond donors (Lipinski definition) is 0. The Balaban J connectivity index is 3.91. The van der Waals surface area contributed by atoms with Crippen molar-refractivity contribution in [3.05, 3.63) is 0 Å². The minimum Gasteiger partial charge on any atom is -0.304 e. The average Bonchev–Trinajstić information content (AvgIpc) is 3.09. The summed E-state index contributed by atoms with van der Waals surface area (Å²) in [6, 6.07) is 0. The molecule has 0 aromatic heterocycles. The molecular formula is C42H89N3S2. The van der Waals surface area contributed by atoms with Crippen LogP contribution in [0.1, 0.15) is 214 Å². The highest BCUT2D eigenvalue weighted by Gasteiger charge is 2.07. The van der Waals surface area contributed by atoms with Crippen LogP contribution in [-0.2, 0) is 0 Å². The summed E-state index contributed by atoms with van der Waals surface area (Å²) in [7, 11) is 0. The molecule has 5 heteroatoms. The van der Waals surface area contributed by atoms with Crippen LogP contribution in [0.2, 0.25) is 0 Å². The maximum atomic E-state index is 2.75. The van der Waals surface area contributed by atoms with Gasteiger partial charge in [0.2, 0.25) is 0 Å². The van der Waals surface area contributed by atoms with Crippen molar-refractivity contribution in [2.45, 2.75) is 214 Å². The van der Waals surface area contributed by atoms with Crippen molar-refractivity contribution in [1.29, 1.82) is 0 Å². The first-order valence-electron chi connectivity index (χ1n) is 21.7. The van der Waals surface area contributed by atoms with Crippen molar-refractivity contribution in [2.24, 2.45) is 0 Å². The molecule has 0 aromatic carbocycles. The molecule has 0 amide bonds. The van der Waals surface area contributed by atoms with Gasteiger partial charge >= 0.3 is 0 Å². The minimum atomic E-state index is 1.20. The summed E-state index contributed by atoms with van der Waals surface area (Å²) in [5.41, 5.74) is 0. The summed E-state index contributed by atoms with van der Waals surface area (Å²) >= 11 is 4.29. The molecule has 0 aliphatic heterocycles. The van der Waals surface area contributed by atoms with Crippen LogP contribution in [-0.4, -0.2) is 70.8 Å². The van der Waals surface area contributed by atoms with Gasteiger partial charge in [0, 0.05) is 37.7 Å². The molecule has 0 aliphatic carbocycles. The fourth-order valence-corrected chi connectivity index (χ4v) is 8.65. The van der Waals surface area contributed by atoms with Crippen molar-refractivity contribution < 1.29 is 0 Å². The fourth-order valence-electron chi connectivity index (χ4n) is 6.51. The van der Waals surface area contributed by atoms with E-state index in [1.54, 1.807) is 0 Å². The summed E-state index contributed by atoms with van der Waals surface area (Å²) in [6.07, 6.45) is 39.6. The van der Waals surface area contributed by atoms with E-state index in [0.29, 0.717) is 0 Å². The van der Waals surface area contributed by atoms with Crippen LogP contribution in [0.5, 0.6) is 0 Å². The van der Waals surface area contributed by atoms with E-state index in [-0.39, 0.29) is 0 Å². The first kappa shape index (κ1) is 47.6. The molecule has 0 aromatic rings. The monoisotopic (exact) mass is 700 g/mol. The maximum Gasteiger partial charge on any atom is 0.00893 e. The molecule has 0 spiro atoms. The van der Waals surface area contributed by atoms with Crippen LogP contribution >= 0.6 is 23.9 Å². The van der Waals surface area contributed by atoms with E-state index in [1.807, 2.05) is 0 Å². The number of unbranched alkanes of at least 4 members (excludes halogenated alkanes) is 23. The molecule has 0 unspecified atom stereocenters. The first-order valence-corrected chi connectivity index (χ1v) is 23.6. The lowest BCUT2D eigenvalue weighted by atomic mass is 10.1. The Hall–Kier alpha value is 0.580. The third-order valence-electron chi connectivity index (χ3n) is 9.87. The van der Waals surface area contributed by atoms with Gasteiger partial charge < -0.3 is 4.90 Å². The van der Waals surface area contributed by atoms with E-state index in [0.717, 1.165) is 0 Å². The Morgan fingerprint density at radius 2 is 0.574 bits per heavy atom. The Morgan fingerprint density at radius 3 is 0.936 bits per heavy atom. The fraction of sp³-hybridized carbons (Fsp3) is 1.00. The highest BCUT2D eigenvalue weighted by atomic mass is 32.2. The van der Waals surface area contributed by atoms with Crippen LogP contribution in [0.25, 0.3) is 0 Å². The molecule has 0 atom stereocenters. The highest BCUT2D eigenvalue weighted by molar-refractivity contribution is 7.97. The molecule has 0 bridgehead atoms. The Kier molecular flexibility index (Phi) is 41.5. The Bertz CT molecular complexity index is 564. The van der Waals surface area contributed by atoms with Gasteiger partial charge in [-0.25, -0.2) is 0 Å². The summed E-state index contributed by atoms with van der Waals surface area (Å²) in [4.78, 5) is 2.72. The van der Waals surface area contributed by atoms with E-state index in [4.69, 9.17) is 0 Å². The van der Waals surface area contributed by atoms with Gasteiger partial charge in [0.1, 0.15) is 0 Å². The predicted octanol–water partition coefficient (Wildman–Crippen LogP) is 14.2. The molecular weight excluding hydrogens is 611 g/mol. The first-order chi connectivity index (χ1) is 23.2. The van der Waals surface area contributed by atoms with E-state index in [1.165, 1.54) is 237 Å². The zero-order valence-corrected chi connectivity index (χ0v) is 35.0. The Labute approximate surface area is 307 Å². The Morgan fingerprint density at radius 1 is 0.277 bits per heavy atom. The average molecular weight is 700 g/mol. The van der Waals surface area contributed by atoms with Gasteiger partial charge in [0.05, 0.1) is 0 Å². The topological polar surface area (TPSA) is 9.72 Å². The molecule has 0 radical (unpaired) electrons.